The highest BCUT2D eigenvalue weighted by Gasteiger charge is 2.06. The molecule has 3 aromatic rings. The van der Waals surface area contributed by atoms with E-state index in [1.807, 2.05) is 61.5 Å². The number of anilines is 1. The number of hydrogen-bond donors (Lipinski definition) is 1. The number of rotatable bonds is 6. The molecule has 0 fully saturated rings. The number of ether oxygens (including phenoxy) is 1. The van der Waals surface area contributed by atoms with Crippen molar-refractivity contribution in [1.29, 1.82) is 5.26 Å². The van der Waals surface area contributed by atoms with Crippen LogP contribution < -0.4 is 10.1 Å². The van der Waals surface area contributed by atoms with E-state index in [2.05, 4.69) is 11.4 Å². The molecule has 4 nitrogen and oxygen atoms in total. The van der Waals surface area contributed by atoms with Crippen molar-refractivity contribution in [2.24, 2.45) is 0 Å². The molecule has 0 aliphatic heterocycles. The molecule has 0 aromatic heterocycles. The predicted octanol–water partition coefficient (Wildman–Crippen LogP) is 5.73. The Kier molecular flexibility index (Phi) is 6.67. The Hall–Kier alpha value is -3.55. The average Bonchev–Trinajstić information content (AvgIpc) is 2.74. The minimum Gasteiger partial charge on any atom is -0.484 e. The van der Waals surface area contributed by atoms with Gasteiger partial charge in [0, 0.05) is 16.3 Å². The van der Waals surface area contributed by atoms with Crippen LogP contribution in [0.3, 0.4) is 0 Å². The smallest absolute Gasteiger partial charge is 0.262 e. The van der Waals surface area contributed by atoms with Gasteiger partial charge in [0.1, 0.15) is 5.75 Å². The molecule has 0 heterocycles. The van der Waals surface area contributed by atoms with Crippen LogP contribution in [0.4, 0.5) is 5.69 Å². The summed E-state index contributed by atoms with van der Waals surface area (Å²) in [6, 6.07) is 24.1. The molecular weight excluding hydrogens is 384 g/mol. The first-order valence-corrected chi connectivity index (χ1v) is 9.39. The minimum absolute atomic E-state index is 0.0911. The second kappa shape index (κ2) is 9.59. The third kappa shape index (κ3) is 5.71. The molecule has 0 spiro atoms. The Bertz CT molecular complexity index is 1070. The first kappa shape index (κ1) is 20.2. The van der Waals surface area contributed by atoms with Crippen molar-refractivity contribution >= 4 is 34.8 Å². The Morgan fingerprint density at radius 2 is 1.76 bits per heavy atom. The standard InChI is InChI=1S/C24H19ClN2O2/c1-17-6-10-20(11-7-17)27-24(28)16-29-21-12-8-18(9-13-21)14-19(15-26)22-4-2-3-5-23(22)25/h2-14H,16H2,1H3,(H,27,28). The number of halogens is 1. The fourth-order valence-corrected chi connectivity index (χ4v) is 2.90. The molecule has 0 aliphatic carbocycles. The van der Waals surface area contributed by atoms with Gasteiger partial charge < -0.3 is 10.1 Å². The molecule has 0 aliphatic rings. The molecule has 3 rings (SSSR count). The number of carbonyl (C=O) groups excluding carboxylic acids is 1. The van der Waals surface area contributed by atoms with E-state index in [4.69, 9.17) is 16.3 Å². The zero-order valence-electron chi connectivity index (χ0n) is 15.9. The third-order valence-electron chi connectivity index (χ3n) is 4.18. The number of carbonyl (C=O) groups is 1. The summed E-state index contributed by atoms with van der Waals surface area (Å²) >= 11 is 6.18. The van der Waals surface area contributed by atoms with Gasteiger partial charge in [-0.1, -0.05) is 59.6 Å². The number of hydrogen-bond acceptors (Lipinski definition) is 3. The van der Waals surface area contributed by atoms with Gasteiger partial charge in [0.25, 0.3) is 5.91 Å². The van der Waals surface area contributed by atoms with E-state index in [1.54, 1.807) is 24.3 Å². The minimum atomic E-state index is -0.233. The predicted molar refractivity (Wildman–Crippen MR) is 117 cm³/mol. The third-order valence-corrected chi connectivity index (χ3v) is 4.51. The summed E-state index contributed by atoms with van der Waals surface area (Å²) in [5.41, 5.74) is 3.85. The molecule has 3 aromatic carbocycles. The molecule has 0 saturated carbocycles. The summed E-state index contributed by atoms with van der Waals surface area (Å²) in [7, 11) is 0. The number of nitrogens with one attached hydrogen (secondary N) is 1. The summed E-state index contributed by atoms with van der Waals surface area (Å²) in [5.74, 6) is 0.334. The number of nitrogens with zero attached hydrogens (tertiary/aromatic N) is 1. The van der Waals surface area contributed by atoms with Crippen molar-refractivity contribution in [3.63, 3.8) is 0 Å². The molecule has 0 atom stereocenters. The van der Waals surface area contributed by atoms with Crippen LogP contribution in [0, 0.1) is 18.3 Å². The molecule has 0 radical (unpaired) electrons. The van der Waals surface area contributed by atoms with Crippen molar-refractivity contribution in [2.45, 2.75) is 6.92 Å². The van der Waals surface area contributed by atoms with E-state index in [9.17, 15) is 10.1 Å². The SMILES string of the molecule is Cc1ccc(NC(=O)COc2ccc(C=C(C#N)c3ccccc3Cl)cc2)cc1. The first-order chi connectivity index (χ1) is 14.0. The zero-order valence-corrected chi connectivity index (χ0v) is 16.6. The van der Waals surface area contributed by atoms with Gasteiger partial charge in [-0.2, -0.15) is 5.26 Å². The lowest BCUT2D eigenvalue weighted by molar-refractivity contribution is -0.118. The fraction of sp³-hybridized carbons (Fsp3) is 0.0833. The van der Waals surface area contributed by atoms with Gasteiger partial charge in [-0.05, 0) is 48.9 Å². The van der Waals surface area contributed by atoms with E-state index in [-0.39, 0.29) is 12.5 Å². The summed E-state index contributed by atoms with van der Waals surface area (Å²) in [6.07, 6.45) is 1.76. The molecule has 0 saturated heterocycles. The van der Waals surface area contributed by atoms with Crippen LogP contribution >= 0.6 is 11.6 Å². The van der Waals surface area contributed by atoms with E-state index in [1.165, 1.54) is 0 Å². The van der Waals surface area contributed by atoms with Gasteiger partial charge in [-0.3, -0.25) is 4.79 Å². The van der Waals surface area contributed by atoms with Crippen molar-refractivity contribution < 1.29 is 9.53 Å². The van der Waals surface area contributed by atoms with Crippen molar-refractivity contribution in [3.05, 3.63) is 94.5 Å². The Balaban J connectivity index is 1.61. The van der Waals surface area contributed by atoms with Crippen molar-refractivity contribution in [1.82, 2.24) is 0 Å². The van der Waals surface area contributed by atoms with Crippen molar-refractivity contribution in [3.8, 4) is 11.8 Å². The van der Waals surface area contributed by atoms with E-state index >= 15 is 0 Å². The Morgan fingerprint density at radius 1 is 1.07 bits per heavy atom. The maximum atomic E-state index is 12.0. The van der Waals surface area contributed by atoms with E-state index < -0.39 is 0 Å². The maximum Gasteiger partial charge on any atom is 0.262 e. The molecule has 144 valence electrons. The van der Waals surface area contributed by atoms with Crippen LogP contribution in [-0.4, -0.2) is 12.5 Å². The molecule has 0 bridgehead atoms. The van der Waals surface area contributed by atoms with Gasteiger partial charge in [0.2, 0.25) is 0 Å². The number of nitriles is 1. The highest BCUT2D eigenvalue weighted by atomic mass is 35.5. The van der Waals surface area contributed by atoms with Crippen LogP contribution in [0.15, 0.2) is 72.8 Å². The normalized spacial score (nSPS) is 10.9. The topological polar surface area (TPSA) is 62.1 Å². The molecule has 0 unspecified atom stereocenters. The highest BCUT2D eigenvalue weighted by molar-refractivity contribution is 6.32. The van der Waals surface area contributed by atoms with Crippen molar-refractivity contribution in [2.75, 3.05) is 11.9 Å². The quantitative estimate of drug-likeness (QED) is 0.423. The number of benzene rings is 3. The first-order valence-electron chi connectivity index (χ1n) is 9.01. The molecular formula is C24H19ClN2O2. The average molecular weight is 403 g/mol. The van der Waals surface area contributed by atoms with E-state index in [0.717, 1.165) is 16.8 Å². The summed E-state index contributed by atoms with van der Waals surface area (Å²) < 4.78 is 5.53. The van der Waals surface area contributed by atoms with Crippen LogP contribution in [0.5, 0.6) is 5.75 Å². The zero-order chi connectivity index (χ0) is 20.6. The summed E-state index contributed by atoms with van der Waals surface area (Å²) in [5, 5.41) is 12.8. The number of amides is 1. The van der Waals surface area contributed by atoms with Gasteiger partial charge in [-0.25, -0.2) is 0 Å². The molecule has 5 heteroatoms. The van der Waals surface area contributed by atoms with Gasteiger partial charge >= 0.3 is 0 Å². The van der Waals surface area contributed by atoms with Gasteiger partial charge in [-0.15, -0.1) is 0 Å². The monoisotopic (exact) mass is 402 g/mol. The van der Waals surface area contributed by atoms with Crippen LogP contribution in [0.2, 0.25) is 5.02 Å². The maximum absolute atomic E-state index is 12.0. The molecule has 1 amide bonds. The van der Waals surface area contributed by atoms with Gasteiger partial charge in [0.15, 0.2) is 6.61 Å². The summed E-state index contributed by atoms with van der Waals surface area (Å²) in [6.45, 7) is 1.90. The number of aryl methyl sites for hydroxylation is 1. The van der Waals surface area contributed by atoms with Crippen LogP contribution in [0.25, 0.3) is 11.6 Å². The highest BCUT2D eigenvalue weighted by Crippen LogP contribution is 2.25. The lowest BCUT2D eigenvalue weighted by Crippen LogP contribution is -2.20. The lowest BCUT2D eigenvalue weighted by atomic mass is 10.0. The molecule has 29 heavy (non-hydrogen) atoms. The van der Waals surface area contributed by atoms with Crippen LogP contribution in [0.1, 0.15) is 16.7 Å². The van der Waals surface area contributed by atoms with E-state index in [0.29, 0.717) is 21.9 Å². The Labute approximate surface area is 175 Å². The second-order valence-electron chi connectivity index (χ2n) is 6.42. The summed E-state index contributed by atoms with van der Waals surface area (Å²) in [4.78, 5) is 12.0. The number of allylic oxidation sites excluding steroid dienone is 1. The fourth-order valence-electron chi connectivity index (χ4n) is 2.66. The lowest BCUT2D eigenvalue weighted by Gasteiger charge is -2.08. The van der Waals surface area contributed by atoms with Gasteiger partial charge in [0.05, 0.1) is 11.6 Å². The second-order valence-corrected chi connectivity index (χ2v) is 6.83. The van der Waals surface area contributed by atoms with Crippen LogP contribution in [-0.2, 0) is 4.79 Å². The Morgan fingerprint density at radius 3 is 2.41 bits per heavy atom. The largest absolute Gasteiger partial charge is 0.484 e. The molecule has 1 N–H and O–H groups in total.